The summed E-state index contributed by atoms with van der Waals surface area (Å²) in [7, 11) is 0. The number of fused-ring (bicyclic) bond motifs is 1. The van der Waals surface area contributed by atoms with Crippen molar-refractivity contribution in [1.29, 1.82) is 0 Å². The number of hydrogen-bond acceptors (Lipinski definition) is 3. The van der Waals surface area contributed by atoms with Gasteiger partial charge in [-0.25, -0.2) is 9.97 Å². The predicted molar refractivity (Wildman–Crippen MR) is 72.8 cm³/mol. The molecule has 1 aromatic carbocycles. The molecule has 1 aliphatic carbocycles. The highest BCUT2D eigenvalue weighted by Crippen LogP contribution is 2.25. The number of hydrogen-bond donors (Lipinski definition) is 1. The fourth-order valence-corrected chi connectivity index (χ4v) is 2.43. The molecule has 0 atom stereocenters. The molecule has 1 aromatic heterocycles. The zero-order valence-corrected chi connectivity index (χ0v) is 10.7. The number of aryl methyl sites for hydroxylation is 1. The maximum atomic E-state index is 5.86. The van der Waals surface area contributed by atoms with Crippen LogP contribution in [0.4, 0.5) is 5.82 Å². The third-order valence-electron chi connectivity index (χ3n) is 3.25. The van der Waals surface area contributed by atoms with Crippen LogP contribution in [0.1, 0.15) is 23.2 Å². The summed E-state index contributed by atoms with van der Waals surface area (Å²) in [4.78, 5) is 8.65. The highest BCUT2D eigenvalue weighted by Gasteiger charge is 2.16. The molecule has 0 aliphatic heterocycles. The Bertz CT molecular complexity index is 551. The summed E-state index contributed by atoms with van der Waals surface area (Å²) in [5.41, 5.74) is 3.68. The van der Waals surface area contributed by atoms with E-state index in [2.05, 4.69) is 15.3 Å². The van der Waals surface area contributed by atoms with Crippen LogP contribution in [0.25, 0.3) is 0 Å². The van der Waals surface area contributed by atoms with Crippen LogP contribution in [-0.4, -0.2) is 9.97 Å². The van der Waals surface area contributed by atoms with E-state index in [1.54, 1.807) is 6.33 Å². The Morgan fingerprint density at radius 2 is 1.94 bits per heavy atom. The molecule has 0 radical (unpaired) electrons. The molecule has 2 aromatic rings. The van der Waals surface area contributed by atoms with E-state index < -0.39 is 0 Å². The fraction of sp³-hybridized carbons (Fsp3) is 0.286. The largest absolute Gasteiger partial charge is 0.366 e. The molecular formula is C14H14ClN3. The Morgan fingerprint density at radius 3 is 2.78 bits per heavy atom. The van der Waals surface area contributed by atoms with Crippen LogP contribution in [0.15, 0.2) is 30.6 Å². The molecule has 3 rings (SSSR count). The van der Waals surface area contributed by atoms with E-state index in [4.69, 9.17) is 11.6 Å². The second kappa shape index (κ2) is 4.94. The van der Waals surface area contributed by atoms with Gasteiger partial charge in [-0.05, 0) is 37.0 Å². The number of aromatic nitrogens is 2. The molecule has 0 fully saturated rings. The van der Waals surface area contributed by atoms with Crippen LogP contribution in [0.2, 0.25) is 5.02 Å². The molecule has 92 valence electrons. The van der Waals surface area contributed by atoms with Gasteiger partial charge in [-0.3, -0.25) is 0 Å². The van der Waals surface area contributed by atoms with Gasteiger partial charge in [0.2, 0.25) is 0 Å². The second-order valence-corrected chi connectivity index (χ2v) is 4.92. The Morgan fingerprint density at radius 1 is 1.11 bits per heavy atom. The van der Waals surface area contributed by atoms with E-state index in [-0.39, 0.29) is 0 Å². The summed E-state index contributed by atoms with van der Waals surface area (Å²) in [5, 5.41) is 4.15. The third kappa shape index (κ3) is 2.31. The van der Waals surface area contributed by atoms with Crippen molar-refractivity contribution in [2.45, 2.75) is 25.8 Å². The van der Waals surface area contributed by atoms with Crippen molar-refractivity contribution in [3.63, 3.8) is 0 Å². The van der Waals surface area contributed by atoms with E-state index in [9.17, 15) is 0 Å². The first-order valence-corrected chi connectivity index (χ1v) is 6.52. The number of halogens is 1. The number of rotatable bonds is 3. The topological polar surface area (TPSA) is 37.8 Å². The quantitative estimate of drug-likeness (QED) is 0.920. The highest BCUT2D eigenvalue weighted by atomic mass is 35.5. The van der Waals surface area contributed by atoms with Crippen LogP contribution >= 0.6 is 11.6 Å². The van der Waals surface area contributed by atoms with Gasteiger partial charge in [0.05, 0.1) is 0 Å². The van der Waals surface area contributed by atoms with Crippen molar-refractivity contribution in [1.82, 2.24) is 9.97 Å². The fourth-order valence-electron chi connectivity index (χ4n) is 2.30. The first-order chi connectivity index (χ1) is 8.83. The van der Waals surface area contributed by atoms with Crippen LogP contribution in [0, 0.1) is 0 Å². The molecule has 0 saturated heterocycles. The highest BCUT2D eigenvalue weighted by molar-refractivity contribution is 6.30. The van der Waals surface area contributed by atoms with Crippen molar-refractivity contribution in [2.75, 3.05) is 5.32 Å². The summed E-state index contributed by atoms with van der Waals surface area (Å²) in [6, 6.07) is 7.86. The van der Waals surface area contributed by atoms with Crippen LogP contribution in [0.3, 0.4) is 0 Å². The van der Waals surface area contributed by atoms with Crippen molar-refractivity contribution < 1.29 is 0 Å². The van der Waals surface area contributed by atoms with Crippen LogP contribution < -0.4 is 5.32 Å². The number of benzene rings is 1. The summed E-state index contributed by atoms with van der Waals surface area (Å²) in [6.45, 7) is 0.765. The Balaban J connectivity index is 1.74. The second-order valence-electron chi connectivity index (χ2n) is 4.48. The van der Waals surface area contributed by atoms with E-state index in [1.807, 2.05) is 24.3 Å². The smallest absolute Gasteiger partial charge is 0.133 e. The molecule has 0 amide bonds. The van der Waals surface area contributed by atoms with E-state index >= 15 is 0 Å². The van der Waals surface area contributed by atoms with Gasteiger partial charge in [-0.1, -0.05) is 23.7 Å². The van der Waals surface area contributed by atoms with Crippen molar-refractivity contribution in [3.05, 3.63) is 52.4 Å². The average Bonchev–Trinajstić information content (AvgIpc) is 2.87. The first-order valence-electron chi connectivity index (χ1n) is 6.14. The third-order valence-corrected chi connectivity index (χ3v) is 3.50. The van der Waals surface area contributed by atoms with Crippen molar-refractivity contribution in [2.24, 2.45) is 0 Å². The monoisotopic (exact) mass is 259 g/mol. The van der Waals surface area contributed by atoms with E-state index in [1.165, 1.54) is 23.2 Å². The van der Waals surface area contributed by atoms with Crippen LogP contribution in [0.5, 0.6) is 0 Å². The molecule has 0 unspecified atom stereocenters. The van der Waals surface area contributed by atoms with E-state index in [0.717, 1.165) is 30.2 Å². The van der Waals surface area contributed by atoms with Gasteiger partial charge in [-0.15, -0.1) is 0 Å². The molecule has 1 aliphatic rings. The Labute approximate surface area is 111 Å². The molecule has 18 heavy (non-hydrogen) atoms. The van der Waals surface area contributed by atoms with Gasteiger partial charge in [-0.2, -0.15) is 0 Å². The minimum Gasteiger partial charge on any atom is -0.366 e. The maximum absolute atomic E-state index is 5.86. The lowest BCUT2D eigenvalue weighted by Gasteiger charge is -2.09. The van der Waals surface area contributed by atoms with Gasteiger partial charge >= 0.3 is 0 Å². The molecule has 0 spiro atoms. The SMILES string of the molecule is Clc1ccc(CNc2ncnc3c2CCC3)cc1. The molecule has 3 nitrogen and oxygen atoms in total. The van der Waals surface area contributed by atoms with Gasteiger partial charge < -0.3 is 5.32 Å². The predicted octanol–water partition coefficient (Wildman–Crippen LogP) is 3.23. The standard InChI is InChI=1S/C14H14ClN3/c15-11-6-4-10(5-7-11)8-16-14-12-2-1-3-13(12)17-9-18-14/h4-7,9H,1-3,8H2,(H,16,17,18). The maximum Gasteiger partial charge on any atom is 0.133 e. The minimum atomic E-state index is 0.765. The van der Waals surface area contributed by atoms with E-state index in [0.29, 0.717) is 0 Å². The number of nitrogens with one attached hydrogen (secondary N) is 1. The van der Waals surface area contributed by atoms with Gasteiger partial charge in [0.25, 0.3) is 0 Å². The first kappa shape index (κ1) is 11.5. The van der Waals surface area contributed by atoms with Gasteiger partial charge in [0.15, 0.2) is 0 Å². The Kier molecular flexibility index (Phi) is 3.15. The van der Waals surface area contributed by atoms with Gasteiger partial charge in [0, 0.05) is 22.8 Å². The summed E-state index contributed by atoms with van der Waals surface area (Å²) >= 11 is 5.86. The summed E-state index contributed by atoms with van der Waals surface area (Å²) in [6.07, 6.45) is 4.99. The lowest BCUT2D eigenvalue weighted by molar-refractivity contribution is 0.899. The summed E-state index contributed by atoms with van der Waals surface area (Å²) in [5.74, 6) is 0.979. The average molecular weight is 260 g/mol. The molecule has 0 saturated carbocycles. The lowest BCUT2D eigenvalue weighted by Crippen LogP contribution is -2.05. The molecule has 0 bridgehead atoms. The molecular weight excluding hydrogens is 246 g/mol. The van der Waals surface area contributed by atoms with Crippen molar-refractivity contribution in [3.8, 4) is 0 Å². The Hall–Kier alpha value is -1.61. The van der Waals surface area contributed by atoms with Gasteiger partial charge in [0.1, 0.15) is 12.1 Å². The zero-order chi connectivity index (χ0) is 12.4. The molecule has 1 N–H and O–H groups in total. The number of nitrogens with zero attached hydrogens (tertiary/aromatic N) is 2. The zero-order valence-electron chi connectivity index (χ0n) is 9.99. The molecule has 4 heteroatoms. The molecule has 1 heterocycles. The minimum absolute atomic E-state index is 0.765. The lowest BCUT2D eigenvalue weighted by atomic mass is 10.2. The normalized spacial score (nSPS) is 13.4. The van der Waals surface area contributed by atoms with Crippen LogP contribution in [-0.2, 0) is 19.4 Å². The van der Waals surface area contributed by atoms with Crippen molar-refractivity contribution >= 4 is 17.4 Å². The summed E-state index contributed by atoms with van der Waals surface area (Å²) < 4.78 is 0. The number of anilines is 1.